The van der Waals surface area contributed by atoms with Crippen LogP contribution in [0.4, 0.5) is 15.9 Å². The summed E-state index contributed by atoms with van der Waals surface area (Å²) in [6, 6.07) is 8.42. The highest BCUT2D eigenvalue weighted by Gasteiger charge is 2.39. The molecule has 1 aliphatic rings. The first kappa shape index (κ1) is 19.2. The Morgan fingerprint density at radius 2 is 2.22 bits per heavy atom. The molecule has 0 amide bonds. The molecule has 8 heteroatoms. The lowest BCUT2D eigenvalue weighted by atomic mass is 9.99. The van der Waals surface area contributed by atoms with Gasteiger partial charge in [0, 0.05) is 18.5 Å². The molecule has 3 unspecified atom stereocenters. The maximum atomic E-state index is 14.2. The molecule has 0 saturated heterocycles. The van der Waals surface area contributed by atoms with E-state index in [-0.39, 0.29) is 39.8 Å². The molecule has 1 aliphatic heterocycles. The van der Waals surface area contributed by atoms with Crippen LogP contribution in [-0.4, -0.2) is 22.9 Å². The van der Waals surface area contributed by atoms with Gasteiger partial charge in [0.15, 0.2) is 17.7 Å². The fraction of sp³-hybridized carbons (Fsp3) is 0.316. The van der Waals surface area contributed by atoms with Gasteiger partial charge in [-0.2, -0.15) is 5.26 Å². The van der Waals surface area contributed by atoms with E-state index in [1.54, 1.807) is 30.3 Å². The number of benzene rings is 1. The number of halogens is 2. The lowest BCUT2D eigenvalue weighted by Gasteiger charge is -2.27. The van der Waals surface area contributed by atoms with Crippen LogP contribution in [0.15, 0.2) is 30.3 Å². The summed E-state index contributed by atoms with van der Waals surface area (Å²) in [6.45, 7) is 1.96. The average molecular weight is 389 g/mol. The summed E-state index contributed by atoms with van der Waals surface area (Å²) in [5.41, 5.74) is 0.824. The zero-order valence-electron chi connectivity index (χ0n) is 14.6. The zero-order valence-corrected chi connectivity index (χ0v) is 15.4. The van der Waals surface area contributed by atoms with Crippen LogP contribution in [0.1, 0.15) is 42.1 Å². The van der Waals surface area contributed by atoms with E-state index in [0.717, 1.165) is 12.5 Å². The number of rotatable bonds is 6. The van der Waals surface area contributed by atoms with E-state index in [1.807, 2.05) is 6.92 Å². The maximum Gasteiger partial charge on any atom is 0.226 e. The Balaban J connectivity index is 1.81. The first-order valence-electron chi connectivity index (χ1n) is 8.66. The highest BCUT2D eigenvalue weighted by Crippen LogP contribution is 2.25. The fourth-order valence-electron chi connectivity index (χ4n) is 3.34. The molecule has 140 valence electrons. The number of anilines is 1. The van der Waals surface area contributed by atoms with Crippen molar-refractivity contribution in [2.75, 3.05) is 5.32 Å². The summed E-state index contributed by atoms with van der Waals surface area (Å²) in [6.07, 6.45) is 1.62. The van der Waals surface area contributed by atoms with Gasteiger partial charge in [0.25, 0.3) is 0 Å². The lowest BCUT2D eigenvalue weighted by Crippen LogP contribution is -3.05. The first-order chi connectivity index (χ1) is 13.0. The molecule has 2 N–H and O–H groups in total. The Hall–Kier alpha value is -2.53. The number of pyridine rings is 1. The molecule has 3 rings (SSSR count). The number of nitrogens with zero attached hydrogens (tertiary/aromatic N) is 2. The van der Waals surface area contributed by atoms with Crippen molar-refractivity contribution in [2.24, 2.45) is 0 Å². The number of Topliss-reactive ketones (excluding diaryl/α,β-unsaturated/α-hetero) is 1. The second kappa shape index (κ2) is 8.01. The van der Waals surface area contributed by atoms with Gasteiger partial charge in [-0.1, -0.05) is 37.1 Å². The first-order valence-corrected chi connectivity index (χ1v) is 9.04. The number of fused-ring (bicyclic) bond motifs is 1. The van der Waals surface area contributed by atoms with Crippen molar-refractivity contribution < 1.29 is 14.2 Å². The number of hydrogen-bond acceptors (Lipinski definition) is 5. The Morgan fingerprint density at radius 1 is 1.48 bits per heavy atom. The van der Waals surface area contributed by atoms with Crippen LogP contribution >= 0.6 is 11.6 Å². The van der Waals surface area contributed by atoms with Crippen LogP contribution in [-0.2, 0) is 0 Å². The summed E-state index contributed by atoms with van der Waals surface area (Å²) in [5.74, 6) is -0.998. The van der Waals surface area contributed by atoms with E-state index >= 15 is 0 Å². The van der Waals surface area contributed by atoms with E-state index in [1.165, 1.54) is 0 Å². The Bertz CT molecular complexity index is 915. The van der Waals surface area contributed by atoms with Crippen LogP contribution in [0.25, 0.3) is 0 Å². The average Bonchev–Trinajstić information content (AvgIpc) is 2.90. The second-order valence-corrected chi connectivity index (χ2v) is 6.82. The van der Waals surface area contributed by atoms with Crippen molar-refractivity contribution >= 4 is 28.9 Å². The van der Waals surface area contributed by atoms with Crippen LogP contribution in [0.2, 0.25) is 5.15 Å². The largest absolute Gasteiger partial charge is 0.628 e. The van der Waals surface area contributed by atoms with Gasteiger partial charge in [0.2, 0.25) is 5.78 Å². The molecule has 0 saturated carbocycles. The van der Waals surface area contributed by atoms with Crippen molar-refractivity contribution in [3.05, 3.63) is 57.6 Å². The Kier molecular flexibility index (Phi) is 5.71. The van der Waals surface area contributed by atoms with E-state index < -0.39 is 11.9 Å². The zero-order chi connectivity index (χ0) is 19.6. The van der Waals surface area contributed by atoms with Crippen molar-refractivity contribution in [1.82, 2.24) is 4.98 Å². The molecule has 2 aromatic rings. The van der Waals surface area contributed by atoms with Gasteiger partial charge in [-0.25, -0.2) is 9.37 Å². The Morgan fingerprint density at radius 3 is 2.89 bits per heavy atom. The molecule has 0 aliphatic carbocycles. The third-order valence-corrected chi connectivity index (χ3v) is 4.93. The SMILES string of the molecule is CCCC(CC1C(=O)c2ccccc2[NH+]1[O-])Nc1nc(Cl)c(C#N)cc1F. The Labute approximate surface area is 161 Å². The van der Waals surface area contributed by atoms with Gasteiger partial charge in [0.05, 0.1) is 11.1 Å². The molecule has 3 atom stereocenters. The highest BCUT2D eigenvalue weighted by molar-refractivity contribution is 6.30. The molecule has 2 heterocycles. The van der Waals surface area contributed by atoms with Gasteiger partial charge in [-0.15, -0.1) is 0 Å². The summed E-state index contributed by atoms with van der Waals surface area (Å²) >= 11 is 5.89. The van der Waals surface area contributed by atoms with Crippen molar-refractivity contribution in [1.29, 1.82) is 5.26 Å². The molecule has 0 radical (unpaired) electrons. The molecule has 6 nitrogen and oxygen atoms in total. The molecular formula is C19H18ClFN4O2. The number of carbonyl (C=O) groups is 1. The van der Waals surface area contributed by atoms with E-state index in [0.29, 0.717) is 17.7 Å². The molecule has 0 bridgehead atoms. The van der Waals surface area contributed by atoms with Gasteiger partial charge < -0.3 is 15.6 Å². The fourth-order valence-corrected chi connectivity index (χ4v) is 3.52. The minimum absolute atomic E-state index is 0.0524. The summed E-state index contributed by atoms with van der Waals surface area (Å²) < 4.78 is 14.2. The monoisotopic (exact) mass is 388 g/mol. The second-order valence-electron chi connectivity index (χ2n) is 6.46. The van der Waals surface area contributed by atoms with Crippen molar-refractivity contribution in [3.8, 4) is 6.07 Å². The van der Waals surface area contributed by atoms with Crippen LogP contribution < -0.4 is 10.4 Å². The molecule has 1 aromatic carbocycles. The number of hydroxylamine groups is 1. The van der Waals surface area contributed by atoms with Crippen LogP contribution in [0.3, 0.4) is 0 Å². The molecular weight excluding hydrogens is 371 g/mol. The van der Waals surface area contributed by atoms with Crippen LogP contribution in [0.5, 0.6) is 0 Å². The summed E-state index contributed by atoms with van der Waals surface area (Å²) in [5, 5.41) is 24.2. The number of nitriles is 1. The summed E-state index contributed by atoms with van der Waals surface area (Å²) in [4.78, 5) is 16.5. The number of aromatic nitrogens is 1. The van der Waals surface area contributed by atoms with Crippen molar-refractivity contribution in [3.63, 3.8) is 0 Å². The minimum atomic E-state index is -0.789. The predicted molar refractivity (Wildman–Crippen MR) is 99.4 cm³/mol. The number of ketones is 1. The molecule has 0 fully saturated rings. The molecule has 0 spiro atoms. The highest BCUT2D eigenvalue weighted by atomic mass is 35.5. The standard InChI is InChI=1S/C19H18ClFN4O2/c1-2-5-12(23-19-14(21)8-11(10-22)18(20)24-19)9-16-17(26)13-6-3-4-7-15(13)25(16)27/h3-4,6-8,12,16,25H,2,5,9H2,1H3,(H,23,24). The molecule has 27 heavy (non-hydrogen) atoms. The smallest absolute Gasteiger partial charge is 0.226 e. The predicted octanol–water partition coefficient (Wildman–Crippen LogP) is 3.00. The van der Waals surface area contributed by atoms with E-state index in [2.05, 4.69) is 10.3 Å². The van der Waals surface area contributed by atoms with Gasteiger partial charge in [-0.05, 0) is 18.6 Å². The number of para-hydroxylation sites is 1. The van der Waals surface area contributed by atoms with Gasteiger partial charge in [0.1, 0.15) is 16.9 Å². The molecule has 1 aromatic heterocycles. The van der Waals surface area contributed by atoms with Crippen molar-refractivity contribution in [2.45, 2.75) is 38.3 Å². The summed E-state index contributed by atoms with van der Waals surface area (Å²) in [7, 11) is 0. The lowest BCUT2D eigenvalue weighted by molar-refractivity contribution is -0.790. The van der Waals surface area contributed by atoms with Gasteiger partial charge in [-0.3, -0.25) is 4.79 Å². The minimum Gasteiger partial charge on any atom is -0.628 e. The van der Waals surface area contributed by atoms with Gasteiger partial charge >= 0.3 is 0 Å². The number of quaternary nitrogens is 1. The number of carbonyl (C=O) groups excluding carboxylic acids is 1. The van der Waals surface area contributed by atoms with Crippen LogP contribution in [0, 0.1) is 22.4 Å². The van der Waals surface area contributed by atoms with E-state index in [9.17, 15) is 14.4 Å². The number of nitrogens with one attached hydrogen (secondary N) is 2. The topological polar surface area (TPSA) is 93.3 Å². The normalized spacial score (nSPS) is 19.4. The maximum absolute atomic E-state index is 14.2. The quantitative estimate of drug-likeness (QED) is 0.586. The third kappa shape index (κ3) is 3.78. The van der Waals surface area contributed by atoms with E-state index in [4.69, 9.17) is 16.9 Å². The number of hydrogen-bond donors (Lipinski definition) is 2. The third-order valence-electron chi connectivity index (χ3n) is 4.64.